The number of amides is 1. The molecule has 2 heterocycles. The van der Waals surface area contributed by atoms with Gasteiger partial charge >= 0.3 is 5.69 Å². The van der Waals surface area contributed by atoms with Crippen molar-refractivity contribution in [3.63, 3.8) is 0 Å². The molecule has 0 aliphatic carbocycles. The lowest BCUT2D eigenvalue weighted by molar-refractivity contribution is -0.121. The van der Waals surface area contributed by atoms with Crippen LogP contribution in [-0.4, -0.2) is 46.5 Å². The highest BCUT2D eigenvalue weighted by Crippen LogP contribution is 2.28. The maximum Gasteiger partial charge on any atom is 0.328 e. The Balaban J connectivity index is 1.44. The van der Waals surface area contributed by atoms with Crippen LogP contribution in [0.2, 0.25) is 0 Å². The van der Waals surface area contributed by atoms with E-state index in [2.05, 4.69) is 46.4 Å². The summed E-state index contributed by atoms with van der Waals surface area (Å²) in [5.41, 5.74) is 1.70. The predicted molar refractivity (Wildman–Crippen MR) is 99.3 cm³/mol. The van der Waals surface area contributed by atoms with Gasteiger partial charge in [0.2, 0.25) is 5.91 Å². The minimum Gasteiger partial charge on any atom is -0.353 e. The van der Waals surface area contributed by atoms with Gasteiger partial charge in [-0.2, -0.15) is 0 Å². The van der Waals surface area contributed by atoms with Gasteiger partial charge in [0.25, 0.3) is 5.56 Å². The molecular formula is C19H24N4O3. The van der Waals surface area contributed by atoms with E-state index in [4.69, 9.17) is 0 Å². The van der Waals surface area contributed by atoms with Crippen molar-refractivity contribution in [3.8, 4) is 0 Å². The number of nitrogens with one attached hydrogen (secondary N) is 2. The first kappa shape index (κ1) is 18.1. The number of rotatable bonds is 6. The second kappa shape index (κ2) is 8.14. The first-order valence-corrected chi connectivity index (χ1v) is 8.87. The van der Waals surface area contributed by atoms with Crippen molar-refractivity contribution in [1.29, 1.82) is 0 Å². The third kappa shape index (κ3) is 4.49. The molecule has 1 fully saturated rings. The molecule has 2 N–H and O–H groups in total. The van der Waals surface area contributed by atoms with E-state index < -0.39 is 11.2 Å². The normalized spacial score (nSPS) is 17.3. The molecule has 2 aromatic rings. The van der Waals surface area contributed by atoms with Crippen LogP contribution in [0.4, 0.5) is 0 Å². The smallest absolute Gasteiger partial charge is 0.328 e. The summed E-state index contributed by atoms with van der Waals surface area (Å²) in [7, 11) is 0. The molecule has 0 saturated carbocycles. The number of nitrogens with zero attached hydrogens (tertiary/aromatic N) is 2. The minimum absolute atomic E-state index is 0.0958. The molecule has 1 unspecified atom stereocenters. The molecule has 3 rings (SSSR count). The van der Waals surface area contributed by atoms with Crippen molar-refractivity contribution in [3.05, 3.63) is 68.5 Å². The van der Waals surface area contributed by atoms with Crippen LogP contribution in [0.15, 0.2) is 46.1 Å². The molecule has 1 aliphatic heterocycles. The molecule has 1 saturated heterocycles. The molecule has 1 aliphatic rings. The first-order valence-electron chi connectivity index (χ1n) is 8.87. The van der Waals surface area contributed by atoms with Crippen LogP contribution >= 0.6 is 0 Å². The second-order valence-electron chi connectivity index (χ2n) is 6.73. The Morgan fingerprint density at radius 1 is 1.27 bits per heavy atom. The fourth-order valence-corrected chi connectivity index (χ4v) is 3.47. The summed E-state index contributed by atoms with van der Waals surface area (Å²) in [6.07, 6.45) is 2.46. The second-order valence-corrected chi connectivity index (χ2v) is 6.73. The predicted octanol–water partition coefficient (Wildman–Crippen LogP) is 0.451. The summed E-state index contributed by atoms with van der Waals surface area (Å²) >= 11 is 0. The van der Waals surface area contributed by atoms with Gasteiger partial charge in [-0.1, -0.05) is 24.3 Å². The largest absolute Gasteiger partial charge is 0.353 e. The van der Waals surface area contributed by atoms with Gasteiger partial charge in [0.15, 0.2) is 0 Å². The van der Waals surface area contributed by atoms with Gasteiger partial charge in [-0.15, -0.1) is 0 Å². The molecule has 1 atom stereocenters. The van der Waals surface area contributed by atoms with Gasteiger partial charge in [-0.3, -0.25) is 19.1 Å². The fourth-order valence-electron chi connectivity index (χ4n) is 3.47. The molecule has 1 amide bonds. The molecule has 0 spiro atoms. The highest BCUT2D eigenvalue weighted by atomic mass is 16.2. The van der Waals surface area contributed by atoms with Crippen LogP contribution in [0.3, 0.4) is 0 Å². The quantitative estimate of drug-likeness (QED) is 0.787. The van der Waals surface area contributed by atoms with E-state index in [1.165, 1.54) is 28.0 Å². The van der Waals surface area contributed by atoms with E-state index in [0.717, 1.165) is 26.1 Å². The van der Waals surface area contributed by atoms with Crippen molar-refractivity contribution in [1.82, 2.24) is 19.8 Å². The van der Waals surface area contributed by atoms with E-state index in [1.807, 2.05) is 0 Å². The Hall–Kier alpha value is -2.67. The molecular weight excluding hydrogens is 332 g/mol. The zero-order chi connectivity index (χ0) is 18.5. The number of carbonyl (C=O) groups excluding carboxylic acids is 1. The molecule has 7 nitrogen and oxygen atoms in total. The van der Waals surface area contributed by atoms with E-state index in [9.17, 15) is 14.4 Å². The average Bonchev–Trinajstić information content (AvgIpc) is 3.06. The summed E-state index contributed by atoms with van der Waals surface area (Å²) < 4.78 is 1.18. The van der Waals surface area contributed by atoms with Gasteiger partial charge < -0.3 is 10.2 Å². The Labute approximate surface area is 151 Å². The summed E-state index contributed by atoms with van der Waals surface area (Å²) in [5, 5.41) is 2.83. The third-order valence-electron chi connectivity index (χ3n) is 4.86. The zero-order valence-corrected chi connectivity index (χ0v) is 14.9. The Kier molecular flexibility index (Phi) is 5.68. The lowest BCUT2D eigenvalue weighted by atomic mass is 9.94. The van der Waals surface area contributed by atoms with Crippen molar-refractivity contribution in [2.45, 2.75) is 25.8 Å². The molecule has 7 heteroatoms. The van der Waals surface area contributed by atoms with Crippen molar-refractivity contribution in [2.24, 2.45) is 0 Å². The van der Waals surface area contributed by atoms with E-state index in [0.29, 0.717) is 12.5 Å². The third-order valence-corrected chi connectivity index (χ3v) is 4.86. The Bertz CT molecular complexity index is 887. The van der Waals surface area contributed by atoms with E-state index in [1.54, 1.807) is 0 Å². The zero-order valence-electron chi connectivity index (χ0n) is 14.9. The topological polar surface area (TPSA) is 87.2 Å². The number of H-pyrrole nitrogens is 1. The van der Waals surface area contributed by atoms with Gasteiger partial charge in [-0.25, -0.2) is 4.79 Å². The van der Waals surface area contributed by atoms with Gasteiger partial charge in [0, 0.05) is 31.9 Å². The average molecular weight is 356 g/mol. The molecule has 138 valence electrons. The summed E-state index contributed by atoms with van der Waals surface area (Å²) in [6.45, 7) is 5.40. The Morgan fingerprint density at radius 2 is 2.08 bits per heavy atom. The Morgan fingerprint density at radius 3 is 2.85 bits per heavy atom. The maximum absolute atomic E-state index is 12.0. The highest BCUT2D eigenvalue weighted by molar-refractivity contribution is 5.75. The number of hydrogen-bond donors (Lipinski definition) is 2. The number of carbonyl (C=O) groups is 1. The van der Waals surface area contributed by atoms with Crippen molar-refractivity contribution < 1.29 is 4.79 Å². The molecule has 1 aromatic carbocycles. The maximum atomic E-state index is 12.0. The summed E-state index contributed by atoms with van der Waals surface area (Å²) in [4.78, 5) is 39.1. The lowest BCUT2D eigenvalue weighted by Crippen LogP contribution is -2.38. The molecule has 26 heavy (non-hydrogen) atoms. The molecule has 0 bridgehead atoms. The number of aromatic nitrogens is 2. The number of aromatic amines is 1. The van der Waals surface area contributed by atoms with Crippen LogP contribution in [-0.2, 0) is 11.3 Å². The van der Waals surface area contributed by atoms with Crippen LogP contribution < -0.4 is 16.6 Å². The SMILES string of the molecule is Cc1ccccc1C1CCN(CCNC(=O)Cn2ccc(=O)[nH]c2=O)C1. The van der Waals surface area contributed by atoms with Crippen molar-refractivity contribution in [2.75, 3.05) is 26.2 Å². The lowest BCUT2D eigenvalue weighted by Gasteiger charge is -2.17. The van der Waals surface area contributed by atoms with Gasteiger partial charge in [0.1, 0.15) is 6.54 Å². The van der Waals surface area contributed by atoms with E-state index in [-0.39, 0.29) is 12.5 Å². The minimum atomic E-state index is -0.576. The summed E-state index contributed by atoms with van der Waals surface area (Å²) in [6, 6.07) is 9.73. The van der Waals surface area contributed by atoms with Gasteiger partial charge in [-0.05, 0) is 36.9 Å². The number of aryl methyl sites for hydroxylation is 1. The number of likely N-dealkylation sites (tertiary alicyclic amines) is 1. The molecule has 1 aromatic heterocycles. The number of benzene rings is 1. The number of hydrogen-bond acceptors (Lipinski definition) is 4. The van der Waals surface area contributed by atoms with Crippen molar-refractivity contribution >= 4 is 5.91 Å². The fraction of sp³-hybridized carbons (Fsp3) is 0.421. The van der Waals surface area contributed by atoms with Crippen LogP contribution in [0.5, 0.6) is 0 Å². The highest BCUT2D eigenvalue weighted by Gasteiger charge is 2.24. The summed E-state index contributed by atoms with van der Waals surface area (Å²) in [5.74, 6) is 0.306. The monoisotopic (exact) mass is 356 g/mol. The van der Waals surface area contributed by atoms with E-state index >= 15 is 0 Å². The van der Waals surface area contributed by atoms with Crippen LogP contribution in [0, 0.1) is 6.92 Å². The van der Waals surface area contributed by atoms with Gasteiger partial charge in [0.05, 0.1) is 0 Å². The van der Waals surface area contributed by atoms with Crippen LogP contribution in [0.1, 0.15) is 23.5 Å². The standard InChI is InChI=1S/C19H24N4O3/c1-14-4-2-3-5-16(14)15-6-9-22(12-15)11-8-20-18(25)13-23-10-7-17(24)21-19(23)26/h2-5,7,10,15H,6,8-9,11-13H2,1H3,(H,20,25)(H,21,24,26). The first-order chi connectivity index (χ1) is 12.5. The molecule has 0 radical (unpaired) electrons. The van der Waals surface area contributed by atoms with Crippen LogP contribution in [0.25, 0.3) is 0 Å².